The summed E-state index contributed by atoms with van der Waals surface area (Å²) in [5, 5.41) is 0. The highest BCUT2D eigenvalue weighted by Crippen LogP contribution is 2.08. The van der Waals surface area contributed by atoms with E-state index in [2.05, 4.69) is 42.8 Å². The number of unbranched alkanes of at least 4 members (excludes halogenated alkanes) is 7. The molecule has 0 saturated carbocycles. The van der Waals surface area contributed by atoms with E-state index >= 15 is 0 Å². The summed E-state index contributed by atoms with van der Waals surface area (Å²) in [6.45, 7) is 5.64. The molecule has 1 heterocycles. The lowest BCUT2D eigenvalue weighted by atomic mass is 10.1. The van der Waals surface area contributed by atoms with Crippen molar-refractivity contribution < 1.29 is 21.5 Å². The van der Waals surface area contributed by atoms with Gasteiger partial charge in [0.2, 0.25) is 0 Å². The average molecular weight is 314 g/mol. The number of hydrogen-bond donors (Lipinski definition) is 0. The van der Waals surface area contributed by atoms with Crippen molar-refractivity contribution in [3.8, 4) is 0 Å². The van der Waals surface area contributed by atoms with E-state index in [1.807, 2.05) is 0 Å². The molecule has 0 spiro atoms. The van der Waals surface area contributed by atoms with Gasteiger partial charge in [0.05, 0.1) is 0 Å². The Morgan fingerprint density at radius 3 is 2.11 bits per heavy atom. The van der Waals surface area contributed by atoms with Crippen LogP contribution in [0.2, 0.25) is 0 Å². The zero-order chi connectivity index (χ0) is 12.3. The molecule has 0 N–H and O–H groups in total. The lowest BCUT2D eigenvalue weighted by Crippen LogP contribution is -3.00. The van der Waals surface area contributed by atoms with Crippen LogP contribution in [0.1, 0.15) is 64.0 Å². The van der Waals surface area contributed by atoms with E-state index in [4.69, 9.17) is 0 Å². The normalized spacial score (nSPS) is 10.1. The smallest absolute Gasteiger partial charge is 0.178 e. The van der Waals surface area contributed by atoms with Crippen LogP contribution in [-0.2, 0) is 6.54 Å². The molecule has 1 aromatic rings. The SMILES string of the molecule is CCCCCCCCCC[n+]1ccccc1C.[Br-]. The van der Waals surface area contributed by atoms with Gasteiger partial charge >= 0.3 is 0 Å². The Morgan fingerprint density at radius 1 is 0.889 bits per heavy atom. The van der Waals surface area contributed by atoms with Gasteiger partial charge in [-0.1, -0.05) is 51.5 Å². The van der Waals surface area contributed by atoms with Crippen LogP contribution in [-0.4, -0.2) is 0 Å². The molecule has 0 amide bonds. The van der Waals surface area contributed by atoms with Crippen LogP contribution in [0.4, 0.5) is 0 Å². The van der Waals surface area contributed by atoms with Crippen LogP contribution >= 0.6 is 0 Å². The van der Waals surface area contributed by atoms with Gasteiger partial charge in [-0.15, -0.1) is 0 Å². The zero-order valence-electron chi connectivity index (χ0n) is 12.0. The first kappa shape index (κ1) is 17.6. The van der Waals surface area contributed by atoms with Crippen LogP contribution in [0.5, 0.6) is 0 Å². The van der Waals surface area contributed by atoms with E-state index in [0.29, 0.717) is 0 Å². The minimum absolute atomic E-state index is 0. The van der Waals surface area contributed by atoms with E-state index in [9.17, 15) is 0 Å². The largest absolute Gasteiger partial charge is 1.00 e. The van der Waals surface area contributed by atoms with Crippen molar-refractivity contribution in [2.75, 3.05) is 0 Å². The average Bonchev–Trinajstić information content (AvgIpc) is 2.35. The molecule has 0 aliphatic carbocycles. The Balaban J connectivity index is 0.00000289. The fourth-order valence-corrected chi connectivity index (χ4v) is 2.23. The summed E-state index contributed by atoms with van der Waals surface area (Å²) in [5.41, 5.74) is 1.37. The maximum absolute atomic E-state index is 2.36. The highest BCUT2D eigenvalue weighted by atomic mass is 79.9. The van der Waals surface area contributed by atoms with E-state index in [1.54, 1.807) is 0 Å². The van der Waals surface area contributed by atoms with Gasteiger partial charge in [0.1, 0.15) is 6.54 Å². The first-order valence-electron chi connectivity index (χ1n) is 7.29. The molecule has 2 heteroatoms. The van der Waals surface area contributed by atoms with Gasteiger partial charge in [0.25, 0.3) is 0 Å². The summed E-state index contributed by atoms with van der Waals surface area (Å²) in [5.74, 6) is 0. The molecule has 0 aliphatic rings. The summed E-state index contributed by atoms with van der Waals surface area (Å²) in [4.78, 5) is 0. The third-order valence-corrected chi connectivity index (χ3v) is 3.42. The Bertz CT molecular complexity index is 299. The second-order valence-corrected chi connectivity index (χ2v) is 5.01. The van der Waals surface area contributed by atoms with Gasteiger partial charge in [-0.25, -0.2) is 4.57 Å². The van der Waals surface area contributed by atoms with Crippen LogP contribution in [0, 0.1) is 6.92 Å². The van der Waals surface area contributed by atoms with E-state index in [0.717, 1.165) is 0 Å². The number of aryl methyl sites for hydroxylation is 2. The highest BCUT2D eigenvalue weighted by molar-refractivity contribution is 4.93. The molecule has 0 aliphatic heterocycles. The standard InChI is InChI=1S/C16H28N.BrH/c1-3-4-5-6-7-8-9-11-14-17-15-12-10-13-16(17)2;/h10,12-13,15H,3-9,11,14H2,1-2H3;1H/q+1;/p-1. The van der Waals surface area contributed by atoms with Gasteiger partial charge in [0, 0.05) is 25.5 Å². The second-order valence-electron chi connectivity index (χ2n) is 5.01. The van der Waals surface area contributed by atoms with Gasteiger partial charge in [-0.05, 0) is 6.42 Å². The molecule has 0 fully saturated rings. The maximum atomic E-state index is 2.36. The minimum Gasteiger partial charge on any atom is -1.00 e. The first-order chi connectivity index (χ1) is 8.34. The second kappa shape index (κ2) is 11.7. The van der Waals surface area contributed by atoms with Gasteiger partial charge < -0.3 is 17.0 Å². The van der Waals surface area contributed by atoms with Crippen LogP contribution < -0.4 is 21.5 Å². The Hall–Kier alpha value is -0.370. The maximum Gasteiger partial charge on any atom is 0.178 e. The molecular weight excluding hydrogens is 286 g/mol. The third kappa shape index (κ3) is 7.86. The molecule has 104 valence electrons. The quantitative estimate of drug-likeness (QED) is 0.480. The summed E-state index contributed by atoms with van der Waals surface area (Å²) < 4.78 is 2.36. The lowest BCUT2D eigenvalue weighted by molar-refractivity contribution is -0.703. The van der Waals surface area contributed by atoms with Crippen LogP contribution in [0.25, 0.3) is 0 Å². The van der Waals surface area contributed by atoms with Crippen molar-refractivity contribution in [3.05, 3.63) is 30.1 Å². The topological polar surface area (TPSA) is 3.88 Å². The number of hydrogen-bond acceptors (Lipinski definition) is 0. The Kier molecular flexibility index (Phi) is 11.5. The molecule has 0 unspecified atom stereocenters. The molecule has 0 atom stereocenters. The van der Waals surface area contributed by atoms with Crippen molar-refractivity contribution >= 4 is 0 Å². The first-order valence-corrected chi connectivity index (χ1v) is 7.29. The van der Waals surface area contributed by atoms with Crippen molar-refractivity contribution in [2.45, 2.75) is 71.8 Å². The number of halogens is 1. The third-order valence-electron chi connectivity index (χ3n) is 3.42. The van der Waals surface area contributed by atoms with Crippen molar-refractivity contribution in [2.24, 2.45) is 0 Å². The van der Waals surface area contributed by atoms with Crippen LogP contribution in [0.3, 0.4) is 0 Å². The molecule has 0 bridgehead atoms. The highest BCUT2D eigenvalue weighted by Gasteiger charge is 2.02. The van der Waals surface area contributed by atoms with Crippen molar-refractivity contribution in [1.29, 1.82) is 0 Å². The van der Waals surface area contributed by atoms with Crippen molar-refractivity contribution in [3.63, 3.8) is 0 Å². The molecule has 0 saturated heterocycles. The van der Waals surface area contributed by atoms with Gasteiger partial charge in [0.15, 0.2) is 11.9 Å². The molecule has 0 aromatic carbocycles. The molecular formula is C16H28BrN. The molecule has 1 aromatic heterocycles. The van der Waals surface area contributed by atoms with Gasteiger partial charge in [-0.3, -0.25) is 0 Å². The van der Waals surface area contributed by atoms with E-state index < -0.39 is 0 Å². The number of nitrogens with zero attached hydrogens (tertiary/aromatic N) is 1. The summed E-state index contributed by atoms with van der Waals surface area (Å²) in [6, 6.07) is 6.42. The van der Waals surface area contributed by atoms with E-state index in [1.165, 1.54) is 63.6 Å². The number of rotatable bonds is 9. The fraction of sp³-hybridized carbons (Fsp3) is 0.688. The predicted octanol–water partition coefficient (Wildman–Crippen LogP) is 1.43. The number of aromatic nitrogens is 1. The monoisotopic (exact) mass is 313 g/mol. The predicted molar refractivity (Wildman–Crippen MR) is 74.0 cm³/mol. The van der Waals surface area contributed by atoms with E-state index in [-0.39, 0.29) is 17.0 Å². The fourth-order valence-electron chi connectivity index (χ4n) is 2.23. The Labute approximate surface area is 123 Å². The van der Waals surface area contributed by atoms with Crippen molar-refractivity contribution in [1.82, 2.24) is 0 Å². The molecule has 18 heavy (non-hydrogen) atoms. The summed E-state index contributed by atoms with van der Waals surface area (Å²) >= 11 is 0. The van der Waals surface area contributed by atoms with Crippen LogP contribution in [0.15, 0.2) is 24.4 Å². The minimum atomic E-state index is 0. The summed E-state index contributed by atoms with van der Waals surface area (Å²) in [6.07, 6.45) is 13.4. The summed E-state index contributed by atoms with van der Waals surface area (Å²) in [7, 11) is 0. The number of pyridine rings is 1. The Morgan fingerprint density at radius 2 is 1.50 bits per heavy atom. The zero-order valence-corrected chi connectivity index (χ0v) is 13.6. The molecule has 1 nitrogen and oxygen atoms in total. The lowest BCUT2D eigenvalue weighted by Gasteiger charge is -2.01. The molecule has 0 radical (unpaired) electrons. The molecule has 1 rings (SSSR count). The van der Waals surface area contributed by atoms with Gasteiger partial charge in [-0.2, -0.15) is 0 Å².